The van der Waals surface area contributed by atoms with Crippen LogP contribution < -0.4 is 0 Å². The molecule has 1 N–H and O–H groups in total. The first-order valence-corrected chi connectivity index (χ1v) is 8.61. The molecule has 1 aliphatic rings. The fourth-order valence-electron chi connectivity index (χ4n) is 3.15. The van der Waals surface area contributed by atoms with Gasteiger partial charge in [-0.1, -0.05) is 16.8 Å². The molecular weight excluding hydrogens is 399 g/mol. The van der Waals surface area contributed by atoms with Crippen LogP contribution in [-0.2, 0) is 19.1 Å². The molecule has 12 heteroatoms. The number of aromatic nitrogens is 6. The van der Waals surface area contributed by atoms with E-state index in [0.29, 0.717) is 17.9 Å². The van der Waals surface area contributed by atoms with Crippen LogP contribution in [-0.4, -0.2) is 47.0 Å². The average Bonchev–Trinajstić information content (AvgIpc) is 3.28. The Hall–Kier alpha value is -2.95. The van der Waals surface area contributed by atoms with Gasteiger partial charge in [-0.15, -0.1) is 5.10 Å². The van der Waals surface area contributed by atoms with Gasteiger partial charge < -0.3 is 4.90 Å². The van der Waals surface area contributed by atoms with Crippen molar-refractivity contribution in [1.29, 1.82) is 0 Å². The highest BCUT2D eigenvalue weighted by atomic mass is 35.5. The lowest BCUT2D eigenvalue weighted by Gasteiger charge is -2.33. The first-order valence-electron chi connectivity index (χ1n) is 8.23. The van der Waals surface area contributed by atoms with Crippen LogP contribution >= 0.6 is 11.6 Å². The molecule has 8 nitrogen and oxygen atoms in total. The molecule has 1 unspecified atom stereocenters. The fraction of sp³-hybridized carbons (Fsp3) is 0.312. The van der Waals surface area contributed by atoms with Gasteiger partial charge in [-0.05, 0) is 13.0 Å². The number of aromatic amines is 1. The summed E-state index contributed by atoms with van der Waals surface area (Å²) in [6.45, 7) is 1.89. The van der Waals surface area contributed by atoms with Gasteiger partial charge in [-0.25, -0.2) is 0 Å². The largest absolute Gasteiger partial charge is 0.434 e. The van der Waals surface area contributed by atoms with Gasteiger partial charge in [0.1, 0.15) is 5.69 Å². The Morgan fingerprint density at radius 1 is 1.36 bits per heavy atom. The molecule has 0 radical (unpaired) electrons. The zero-order valence-electron chi connectivity index (χ0n) is 14.4. The van der Waals surface area contributed by atoms with Crippen molar-refractivity contribution in [3.8, 4) is 5.82 Å². The molecule has 0 aromatic carbocycles. The van der Waals surface area contributed by atoms with E-state index in [1.54, 1.807) is 23.9 Å². The summed E-state index contributed by atoms with van der Waals surface area (Å²) in [4.78, 5) is 17.6. The van der Waals surface area contributed by atoms with Crippen molar-refractivity contribution in [1.82, 2.24) is 35.1 Å². The van der Waals surface area contributed by atoms with Gasteiger partial charge in [0.25, 0.3) is 5.91 Å². The molecule has 0 fully saturated rings. The van der Waals surface area contributed by atoms with E-state index >= 15 is 0 Å². The number of H-pyrrole nitrogens is 1. The predicted molar refractivity (Wildman–Crippen MR) is 90.8 cm³/mol. The number of hydrogen-bond acceptors (Lipinski definition) is 5. The van der Waals surface area contributed by atoms with Crippen molar-refractivity contribution in [3.63, 3.8) is 0 Å². The summed E-state index contributed by atoms with van der Waals surface area (Å²) in [5, 5.41) is 14.2. The lowest BCUT2D eigenvalue weighted by molar-refractivity contribution is -0.141. The number of hydrogen-bond donors (Lipinski definition) is 1. The molecule has 1 amide bonds. The van der Waals surface area contributed by atoms with Crippen LogP contribution in [0.2, 0.25) is 5.02 Å². The van der Waals surface area contributed by atoms with E-state index in [1.807, 2.05) is 0 Å². The average molecular weight is 412 g/mol. The number of nitrogens with zero attached hydrogens (tertiary/aromatic N) is 6. The number of rotatable bonds is 2. The third kappa shape index (κ3) is 3.01. The highest BCUT2D eigenvalue weighted by molar-refractivity contribution is 6.34. The molecule has 0 aliphatic carbocycles. The summed E-state index contributed by atoms with van der Waals surface area (Å²) in [6.07, 6.45) is -1.76. The third-order valence-electron chi connectivity index (χ3n) is 4.54. The summed E-state index contributed by atoms with van der Waals surface area (Å²) in [5.74, 6) is -0.0573. The highest BCUT2D eigenvalue weighted by Gasteiger charge is 2.38. The van der Waals surface area contributed by atoms with Crippen molar-refractivity contribution in [2.45, 2.75) is 32.1 Å². The summed E-state index contributed by atoms with van der Waals surface area (Å²) in [7, 11) is 0. The second-order valence-electron chi connectivity index (χ2n) is 6.33. The van der Waals surface area contributed by atoms with E-state index in [9.17, 15) is 18.0 Å². The quantitative estimate of drug-likeness (QED) is 0.699. The Labute approximate surface area is 161 Å². The Kier molecular flexibility index (Phi) is 4.33. The van der Waals surface area contributed by atoms with Gasteiger partial charge in [0.15, 0.2) is 11.5 Å². The van der Waals surface area contributed by atoms with Crippen LogP contribution in [0.15, 0.2) is 24.5 Å². The normalized spacial score (nSPS) is 16.9. The van der Waals surface area contributed by atoms with Crippen molar-refractivity contribution >= 4 is 17.5 Å². The predicted octanol–water partition coefficient (Wildman–Crippen LogP) is 2.64. The van der Waals surface area contributed by atoms with Crippen LogP contribution in [0.3, 0.4) is 0 Å². The lowest BCUT2D eigenvalue weighted by Crippen LogP contribution is -2.43. The van der Waals surface area contributed by atoms with E-state index in [1.165, 1.54) is 11.0 Å². The van der Waals surface area contributed by atoms with Crippen LogP contribution in [0.4, 0.5) is 13.2 Å². The number of pyridine rings is 1. The first-order chi connectivity index (χ1) is 13.3. The van der Waals surface area contributed by atoms with Crippen molar-refractivity contribution in [2.75, 3.05) is 0 Å². The summed E-state index contributed by atoms with van der Waals surface area (Å²) in [6, 6.07) is 2.60. The zero-order valence-corrected chi connectivity index (χ0v) is 15.2. The lowest BCUT2D eigenvalue weighted by atomic mass is 10.0. The molecule has 4 heterocycles. The van der Waals surface area contributed by atoms with Crippen LogP contribution in [0.25, 0.3) is 5.82 Å². The first kappa shape index (κ1) is 18.4. The monoisotopic (exact) mass is 411 g/mol. The molecule has 0 bridgehead atoms. The number of halogens is 4. The summed E-state index contributed by atoms with van der Waals surface area (Å²) < 4.78 is 40.7. The molecule has 0 saturated carbocycles. The minimum Gasteiger partial charge on any atom is -0.329 e. The fourth-order valence-corrected chi connectivity index (χ4v) is 3.45. The standard InChI is InChI=1S/C16H13ClF3N7O/c1-8-6-11-10(23-25-27(11)12-3-5-22-24-12)7-26(8)15(28)9-2-4-21-14(13(9)17)16(18,19)20/h2-5,8H,6-7H2,1H3,(H,22,24). The molecule has 1 aliphatic heterocycles. The SMILES string of the molecule is CC1Cc2c(nnn2-c2cc[nH]n2)CN1C(=O)c1ccnc(C(F)(F)F)c1Cl. The van der Waals surface area contributed by atoms with Crippen molar-refractivity contribution < 1.29 is 18.0 Å². The molecule has 0 spiro atoms. The van der Waals surface area contributed by atoms with E-state index in [-0.39, 0.29) is 18.2 Å². The molecule has 0 saturated heterocycles. The van der Waals surface area contributed by atoms with Gasteiger partial charge in [-0.3, -0.25) is 14.9 Å². The molecular formula is C16H13ClF3N7O. The number of amides is 1. The van der Waals surface area contributed by atoms with E-state index in [2.05, 4.69) is 25.5 Å². The third-order valence-corrected chi connectivity index (χ3v) is 4.92. The minimum atomic E-state index is -4.75. The Morgan fingerprint density at radius 2 is 2.14 bits per heavy atom. The molecule has 1 atom stereocenters. The molecule has 3 aromatic heterocycles. The highest BCUT2D eigenvalue weighted by Crippen LogP contribution is 2.35. The van der Waals surface area contributed by atoms with Crippen LogP contribution in [0, 0.1) is 0 Å². The number of alkyl halides is 3. The maximum atomic E-state index is 13.0. The molecule has 4 rings (SSSR count). The topological polar surface area (TPSA) is 92.6 Å². The van der Waals surface area contributed by atoms with Gasteiger partial charge in [-0.2, -0.15) is 23.0 Å². The summed E-state index contributed by atoms with van der Waals surface area (Å²) >= 11 is 5.85. The maximum Gasteiger partial charge on any atom is 0.434 e. The van der Waals surface area contributed by atoms with Crippen molar-refractivity contribution in [2.24, 2.45) is 0 Å². The number of carbonyl (C=O) groups is 1. The maximum absolute atomic E-state index is 13.0. The van der Waals surface area contributed by atoms with Crippen LogP contribution in [0.1, 0.15) is 34.4 Å². The summed E-state index contributed by atoms with van der Waals surface area (Å²) in [5.41, 5.74) is -0.190. The molecule has 146 valence electrons. The van der Waals surface area contributed by atoms with Gasteiger partial charge in [0.05, 0.1) is 22.8 Å². The van der Waals surface area contributed by atoms with E-state index < -0.39 is 22.8 Å². The Bertz CT molecular complexity index is 1030. The smallest absolute Gasteiger partial charge is 0.329 e. The Balaban J connectivity index is 1.66. The van der Waals surface area contributed by atoms with Gasteiger partial charge in [0, 0.05) is 30.9 Å². The molecule has 3 aromatic rings. The van der Waals surface area contributed by atoms with E-state index in [0.717, 1.165) is 11.9 Å². The number of carbonyl (C=O) groups excluding carboxylic acids is 1. The van der Waals surface area contributed by atoms with Crippen LogP contribution in [0.5, 0.6) is 0 Å². The zero-order chi connectivity index (χ0) is 20.1. The van der Waals surface area contributed by atoms with Crippen molar-refractivity contribution in [3.05, 3.63) is 52.2 Å². The Morgan fingerprint density at radius 3 is 2.82 bits per heavy atom. The van der Waals surface area contributed by atoms with Gasteiger partial charge in [0.2, 0.25) is 0 Å². The molecule has 28 heavy (non-hydrogen) atoms. The van der Waals surface area contributed by atoms with Gasteiger partial charge >= 0.3 is 6.18 Å². The minimum absolute atomic E-state index is 0.0970. The number of nitrogens with one attached hydrogen (secondary N) is 1. The number of fused-ring (bicyclic) bond motifs is 1. The second-order valence-corrected chi connectivity index (χ2v) is 6.71. The second kappa shape index (κ2) is 6.59. The van der Waals surface area contributed by atoms with E-state index in [4.69, 9.17) is 11.6 Å².